The van der Waals surface area contributed by atoms with Gasteiger partial charge in [0, 0.05) is 35.5 Å². The lowest BCUT2D eigenvalue weighted by molar-refractivity contribution is 0.197. The Morgan fingerprint density at radius 2 is 2.32 bits per heavy atom. The summed E-state index contributed by atoms with van der Waals surface area (Å²) in [6, 6.07) is 4.27. The number of likely N-dealkylation sites (tertiary alicyclic amines) is 1. The van der Waals surface area contributed by atoms with Gasteiger partial charge in [-0.3, -0.25) is 10.00 Å². The second kappa shape index (κ2) is 5.78. The van der Waals surface area contributed by atoms with E-state index in [1.54, 1.807) is 11.3 Å². The zero-order chi connectivity index (χ0) is 14.9. The quantitative estimate of drug-likeness (QED) is 0.807. The molecule has 5 nitrogen and oxygen atoms in total. The van der Waals surface area contributed by atoms with Crippen LogP contribution in [0.2, 0.25) is 0 Å². The summed E-state index contributed by atoms with van der Waals surface area (Å²) in [5.41, 5.74) is 3.26. The van der Waals surface area contributed by atoms with Crippen LogP contribution in [0.15, 0.2) is 23.7 Å². The van der Waals surface area contributed by atoms with Gasteiger partial charge in [0.15, 0.2) is 5.65 Å². The third-order valence-corrected chi connectivity index (χ3v) is 5.12. The van der Waals surface area contributed by atoms with Gasteiger partial charge >= 0.3 is 0 Å². The second-order valence-corrected chi connectivity index (χ2v) is 7.04. The van der Waals surface area contributed by atoms with Gasteiger partial charge in [-0.25, -0.2) is 9.97 Å². The number of rotatable bonds is 3. The Morgan fingerprint density at radius 3 is 3.18 bits per heavy atom. The van der Waals surface area contributed by atoms with Crippen molar-refractivity contribution in [2.24, 2.45) is 0 Å². The fourth-order valence-electron chi connectivity index (χ4n) is 3.22. The number of hydrogen-bond acceptors (Lipinski definition) is 5. The summed E-state index contributed by atoms with van der Waals surface area (Å²) >= 11 is 1.73. The summed E-state index contributed by atoms with van der Waals surface area (Å²) in [7, 11) is 0. The van der Waals surface area contributed by atoms with E-state index in [1.807, 2.05) is 6.20 Å². The Morgan fingerprint density at radius 1 is 1.36 bits per heavy atom. The molecule has 3 aromatic rings. The molecular weight excluding hydrogens is 294 g/mol. The molecule has 0 amide bonds. The zero-order valence-corrected chi connectivity index (χ0v) is 13.4. The number of fused-ring (bicyclic) bond motifs is 1. The average Bonchev–Trinajstić information content (AvgIpc) is 3.15. The average molecular weight is 313 g/mol. The van der Waals surface area contributed by atoms with Gasteiger partial charge in [0.1, 0.15) is 0 Å². The summed E-state index contributed by atoms with van der Waals surface area (Å²) in [5, 5.41) is 11.4. The molecule has 1 N–H and O–H groups in total. The molecule has 0 bridgehead atoms. The molecule has 4 rings (SSSR count). The maximum atomic E-state index is 4.75. The molecular formula is C16H19N5S. The molecule has 1 fully saturated rings. The number of H-pyrrole nitrogens is 1. The monoisotopic (exact) mass is 313 g/mol. The summed E-state index contributed by atoms with van der Waals surface area (Å²) in [4.78, 5) is 11.8. The molecule has 0 aliphatic carbocycles. The molecule has 6 heteroatoms. The van der Waals surface area contributed by atoms with E-state index in [2.05, 4.69) is 44.5 Å². The number of nitrogens with one attached hydrogen (secondary N) is 1. The van der Waals surface area contributed by atoms with Crippen molar-refractivity contribution in [2.45, 2.75) is 32.2 Å². The standard InChI is InChI=1S/C16H19N5S/c1-11-18-14(10-22-11)9-21-6-2-3-13(8-21)15-5-4-12-7-17-20-16(12)19-15/h4-5,7,10,13H,2-3,6,8-9H2,1H3,(H,17,19,20)/t13-/m1/s1. The second-order valence-electron chi connectivity index (χ2n) is 5.98. The minimum Gasteiger partial charge on any atom is -0.297 e. The smallest absolute Gasteiger partial charge is 0.155 e. The first-order chi connectivity index (χ1) is 10.8. The Balaban J connectivity index is 1.50. The van der Waals surface area contributed by atoms with Crippen LogP contribution in [0, 0.1) is 6.92 Å². The van der Waals surface area contributed by atoms with Gasteiger partial charge in [0.05, 0.1) is 16.9 Å². The van der Waals surface area contributed by atoms with Crippen LogP contribution in [0.1, 0.15) is 35.2 Å². The Labute approximate surface area is 133 Å². The van der Waals surface area contributed by atoms with E-state index < -0.39 is 0 Å². The normalized spacial score (nSPS) is 19.8. The molecule has 1 atom stereocenters. The van der Waals surface area contributed by atoms with E-state index in [0.717, 1.165) is 35.7 Å². The van der Waals surface area contributed by atoms with Crippen molar-refractivity contribution in [3.8, 4) is 0 Å². The summed E-state index contributed by atoms with van der Waals surface area (Å²) in [6.07, 6.45) is 4.25. The Hall–Kier alpha value is -1.79. The number of aromatic amines is 1. The SMILES string of the molecule is Cc1nc(CN2CCC[C@@H](c3ccc4cn[nH]c4n3)C2)cs1. The number of piperidine rings is 1. The summed E-state index contributed by atoms with van der Waals surface area (Å²) < 4.78 is 0. The Kier molecular flexibility index (Phi) is 3.63. The van der Waals surface area contributed by atoms with Gasteiger partial charge in [-0.1, -0.05) is 0 Å². The van der Waals surface area contributed by atoms with E-state index in [0.29, 0.717) is 5.92 Å². The van der Waals surface area contributed by atoms with Crippen molar-refractivity contribution in [3.05, 3.63) is 40.1 Å². The summed E-state index contributed by atoms with van der Waals surface area (Å²) in [6.45, 7) is 5.23. The van der Waals surface area contributed by atoms with Crippen LogP contribution < -0.4 is 0 Å². The van der Waals surface area contributed by atoms with Crippen LogP contribution in [0.3, 0.4) is 0 Å². The first kappa shape index (κ1) is 13.8. The first-order valence-electron chi connectivity index (χ1n) is 7.71. The minimum atomic E-state index is 0.501. The third kappa shape index (κ3) is 2.76. The van der Waals surface area contributed by atoms with Gasteiger partial charge in [-0.15, -0.1) is 11.3 Å². The molecule has 0 spiro atoms. The van der Waals surface area contributed by atoms with Crippen LogP contribution >= 0.6 is 11.3 Å². The molecule has 114 valence electrons. The number of nitrogens with zero attached hydrogens (tertiary/aromatic N) is 4. The fourth-order valence-corrected chi connectivity index (χ4v) is 3.82. The minimum absolute atomic E-state index is 0.501. The van der Waals surface area contributed by atoms with Crippen LogP contribution in [-0.2, 0) is 6.54 Å². The highest BCUT2D eigenvalue weighted by molar-refractivity contribution is 7.09. The van der Waals surface area contributed by atoms with E-state index in [1.165, 1.54) is 24.2 Å². The zero-order valence-electron chi connectivity index (χ0n) is 12.6. The number of hydrogen-bond donors (Lipinski definition) is 1. The molecule has 0 radical (unpaired) electrons. The highest BCUT2D eigenvalue weighted by atomic mass is 32.1. The van der Waals surface area contributed by atoms with Crippen molar-refractivity contribution in [2.75, 3.05) is 13.1 Å². The lowest BCUT2D eigenvalue weighted by Gasteiger charge is -2.31. The maximum Gasteiger partial charge on any atom is 0.155 e. The molecule has 0 unspecified atom stereocenters. The van der Waals surface area contributed by atoms with Gasteiger partial charge < -0.3 is 0 Å². The molecule has 0 aromatic carbocycles. The lowest BCUT2D eigenvalue weighted by atomic mass is 9.94. The van der Waals surface area contributed by atoms with E-state index in [9.17, 15) is 0 Å². The van der Waals surface area contributed by atoms with Crippen molar-refractivity contribution in [1.82, 2.24) is 25.1 Å². The number of aryl methyl sites for hydroxylation is 1. The van der Waals surface area contributed by atoms with Crippen molar-refractivity contribution in [1.29, 1.82) is 0 Å². The molecule has 0 saturated carbocycles. The van der Waals surface area contributed by atoms with Crippen LogP contribution in [0.4, 0.5) is 0 Å². The van der Waals surface area contributed by atoms with Crippen molar-refractivity contribution in [3.63, 3.8) is 0 Å². The van der Waals surface area contributed by atoms with E-state index in [4.69, 9.17) is 4.98 Å². The van der Waals surface area contributed by atoms with Crippen LogP contribution in [0.25, 0.3) is 11.0 Å². The summed E-state index contributed by atoms with van der Waals surface area (Å²) in [5.74, 6) is 0.501. The highest BCUT2D eigenvalue weighted by Crippen LogP contribution is 2.27. The largest absolute Gasteiger partial charge is 0.297 e. The first-order valence-corrected chi connectivity index (χ1v) is 8.59. The molecule has 22 heavy (non-hydrogen) atoms. The number of aromatic nitrogens is 4. The van der Waals surface area contributed by atoms with Crippen LogP contribution in [0.5, 0.6) is 0 Å². The van der Waals surface area contributed by atoms with Gasteiger partial charge in [0.25, 0.3) is 0 Å². The topological polar surface area (TPSA) is 57.7 Å². The van der Waals surface area contributed by atoms with Crippen molar-refractivity contribution < 1.29 is 0 Å². The highest BCUT2D eigenvalue weighted by Gasteiger charge is 2.23. The third-order valence-electron chi connectivity index (χ3n) is 4.30. The number of pyridine rings is 1. The van der Waals surface area contributed by atoms with E-state index in [-0.39, 0.29) is 0 Å². The van der Waals surface area contributed by atoms with Gasteiger partial charge in [-0.2, -0.15) is 5.10 Å². The van der Waals surface area contributed by atoms with Crippen LogP contribution in [-0.4, -0.2) is 38.2 Å². The molecule has 3 aromatic heterocycles. The van der Waals surface area contributed by atoms with E-state index >= 15 is 0 Å². The lowest BCUT2D eigenvalue weighted by Crippen LogP contribution is -2.34. The predicted molar refractivity (Wildman–Crippen MR) is 88.0 cm³/mol. The maximum absolute atomic E-state index is 4.75. The van der Waals surface area contributed by atoms with Gasteiger partial charge in [0.2, 0.25) is 0 Å². The number of thiazole rings is 1. The molecule has 4 heterocycles. The molecule has 1 saturated heterocycles. The Bertz CT molecular complexity index is 778. The predicted octanol–water partition coefficient (Wildman–Crippen LogP) is 3.10. The molecule has 1 aliphatic heterocycles. The molecule has 1 aliphatic rings. The van der Waals surface area contributed by atoms with Crippen molar-refractivity contribution >= 4 is 22.4 Å². The fraction of sp³-hybridized carbons (Fsp3) is 0.438. The van der Waals surface area contributed by atoms with Gasteiger partial charge in [-0.05, 0) is 38.4 Å².